The largest absolute Gasteiger partial charge is 0.490 e. The number of hydrogen-bond acceptors (Lipinski definition) is 5. The van der Waals surface area contributed by atoms with E-state index in [2.05, 4.69) is 10.3 Å². The van der Waals surface area contributed by atoms with Gasteiger partial charge in [0.15, 0.2) is 27.3 Å². The lowest BCUT2D eigenvalue weighted by atomic mass is 10.3. The van der Waals surface area contributed by atoms with Gasteiger partial charge in [0.2, 0.25) is 0 Å². The van der Waals surface area contributed by atoms with Gasteiger partial charge < -0.3 is 20.5 Å². The third-order valence-corrected chi connectivity index (χ3v) is 5.58. The Bertz CT molecular complexity index is 677. The lowest BCUT2D eigenvalue weighted by molar-refractivity contribution is 0.297. The zero-order valence-electron chi connectivity index (χ0n) is 13.8. The lowest BCUT2D eigenvalue weighted by Crippen LogP contribution is -2.25. The molecular weight excluding hydrogens is 445 g/mol. The molecule has 1 aliphatic rings. The highest BCUT2D eigenvalue weighted by Crippen LogP contribution is 2.32. The predicted molar refractivity (Wildman–Crippen MR) is 106 cm³/mol. The third-order valence-electron chi connectivity index (χ3n) is 3.40. The second-order valence-corrected chi connectivity index (χ2v) is 8.20. The maximum absolute atomic E-state index is 11.7. The number of halogens is 1. The van der Waals surface area contributed by atoms with Gasteiger partial charge in [-0.15, -0.1) is 24.0 Å². The number of nitrogens with zero attached hydrogens (tertiary/aromatic N) is 1. The predicted octanol–water partition coefficient (Wildman–Crippen LogP) is 2.02. The molecule has 9 heteroatoms. The van der Waals surface area contributed by atoms with Crippen LogP contribution in [0.3, 0.4) is 0 Å². The first-order chi connectivity index (χ1) is 10.9. The van der Waals surface area contributed by atoms with Gasteiger partial charge in [-0.25, -0.2) is 8.42 Å². The minimum absolute atomic E-state index is 0. The molecule has 0 saturated heterocycles. The smallest absolute Gasteiger partial charge is 0.193 e. The van der Waals surface area contributed by atoms with Crippen molar-refractivity contribution in [2.75, 3.05) is 30.8 Å². The van der Waals surface area contributed by atoms with E-state index in [0.29, 0.717) is 30.4 Å². The topological polar surface area (TPSA) is 103 Å². The Morgan fingerprint density at radius 1 is 1.29 bits per heavy atom. The number of rotatable bonds is 5. The van der Waals surface area contributed by atoms with Crippen LogP contribution >= 0.6 is 24.0 Å². The number of fused-ring (bicyclic) bond motifs is 1. The molecule has 0 bridgehead atoms. The number of sulfone groups is 1. The first kappa shape index (κ1) is 20.8. The van der Waals surface area contributed by atoms with Crippen LogP contribution in [-0.4, -0.2) is 45.1 Å². The van der Waals surface area contributed by atoms with Crippen LogP contribution in [0.15, 0.2) is 23.2 Å². The van der Waals surface area contributed by atoms with Crippen molar-refractivity contribution in [3.8, 4) is 11.5 Å². The number of nitrogens with one attached hydrogen (secondary N) is 1. The standard InChI is InChI=1S/C15H23N3O4S.HI/c1-11(2)23(19,20)9-6-17-15(16)18-12-4-5-13-14(10-12)22-8-3-7-21-13;/h4-5,10-11H,3,6-9H2,1-2H3,(H3,16,17,18);1H. The van der Waals surface area contributed by atoms with Gasteiger partial charge in [-0.3, -0.25) is 4.99 Å². The number of hydrogen-bond donors (Lipinski definition) is 2. The Hall–Kier alpha value is -1.23. The summed E-state index contributed by atoms with van der Waals surface area (Å²) in [5, 5.41) is 2.52. The molecule has 0 radical (unpaired) electrons. The number of aliphatic imine (C=N–C) groups is 1. The number of nitrogens with two attached hydrogens (primary N) is 1. The summed E-state index contributed by atoms with van der Waals surface area (Å²) >= 11 is 0. The number of benzene rings is 1. The molecular formula is C15H24IN3O4S. The van der Waals surface area contributed by atoms with E-state index in [1.54, 1.807) is 32.0 Å². The molecule has 0 aromatic heterocycles. The van der Waals surface area contributed by atoms with Crippen LogP contribution < -0.4 is 20.5 Å². The monoisotopic (exact) mass is 469 g/mol. The fourth-order valence-electron chi connectivity index (χ4n) is 1.96. The van der Waals surface area contributed by atoms with Crippen LogP contribution in [0.4, 0.5) is 5.69 Å². The van der Waals surface area contributed by atoms with Crippen molar-refractivity contribution in [2.45, 2.75) is 25.5 Å². The van der Waals surface area contributed by atoms with Crippen molar-refractivity contribution in [1.82, 2.24) is 0 Å². The lowest BCUT2D eigenvalue weighted by Gasteiger charge is -2.11. The van der Waals surface area contributed by atoms with E-state index in [9.17, 15) is 8.42 Å². The van der Waals surface area contributed by atoms with Crippen LogP contribution in [-0.2, 0) is 9.84 Å². The minimum atomic E-state index is -3.11. The molecule has 2 rings (SSSR count). The van der Waals surface area contributed by atoms with E-state index in [4.69, 9.17) is 15.2 Å². The van der Waals surface area contributed by atoms with Crippen molar-refractivity contribution in [2.24, 2.45) is 10.7 Å². The van der Waals surface area contributed by atoms with Crippen molar-refractivity contribution in [3.63, 3.8) is 0 Å². The summed E-state index contributed by atoms with van der Waals surface area (Å²) in [4.78, 5) is 4.05. The highest BCUT2D eigenvalue weighted by atomic mass is 127. The van der Waals surface area contributed by atoms with Crippen LogP contribution in [0.1, 0.15) is 20.3 Å². The van der Waals surface area contributed by atoms with Gasteiger partial charge in [0.05, 0.1) is 30.8 Å². The molecule has 24 heavy (non-hydrogen) atoms. The van der Waals surface area contributed by atoms with Crippen LogP contribution in [0.2, 0.25) is 0 Å². The second-order valence-electron chi connectivity index (χ2n) is 5.52. The summed E-state index contributed by atoms with van der Waals surface area (Å²) in [7, 11) is -3.11. The van der Waals surface area contributed by atoms with E-state index < -0.39 is 15.1 Å². The Morgan fingerprint density at radius 2 is 1.96 bits per heavy atom. The maximum Gasteiger partial charge on any atom is 0.193 e. The average molecular weight is 469 g/mol. The van der Waals surface area contributed by atoms with Crippen LogP contribution in [0, 0.1) is 0 Å². The molecule has 7 nitrogen and oxygen atoms in total. The van der Waals surface area contributed by atoms with Gasteiger partial charge in [0.1, 0.15) is 0 Å². The van der Waals surface area contributed by atoms with Crippen LogP contribution in [0.25, 0.3) is 0 Å². The molecule has 0 unspecified atom stereocenters. The van der Waals surface area contributed by atoms with Crippen molar-refractivity contribution >= 4 is 45.5 Å². The third kappa shape index (κ3) is 6.00. The number of ether oxygens (including phenoxy) is 2. The molecule has 0 atom stereocenters. The summed E-state index contributed by atoms with van der Waals surface area (Å²) in [6.45, 7) is 4.67. The Kier molecular flexibility index (Phi) is 8.07. The molecule has 0 aliphatic carbocycles. The normalized spacial score (nSPS) is 14.7. The van der Waals surface area contributed by atoms with E-state index in [1.807, 2.05) is 0 Å². The van der Waals surface area contributed by atoms with Gasteiger partial charge in [0, 0.05) is 18.2 Å². The van der Waals surface area contributed by atoms with Gasteiger partial charge in [-0.05, 0) is 26.0 Å². The number of anilines is 1. The van der Waals surface area contributed by atoms with Crippen LogP contribution in [0.5, 0.6) is 11.5 Å². The highest BCUT2D eigenvalue weighted by molar-refractivity contribution is 14.0. The Labute approximate surface area is 159 Å². The minimum Gasteiger partial charge on any atom is -0.490 e. The Balaban J connectivity index is 0.00000288. The summed E-state index contributed by atoms with van der Waals surface area (Å²) in [5.74, 6) is 1.50. The SMILES string of the molecule is CC(C)S(=O)(=O)CCN=C(N)Nc1ccc2c(c1)OCCCO2.I. The quantitative estimate of drug-likeness (QED) is 0.389. The first-order valence-corrected chi connectivity index (χ1v) is 9.28. The average Bonchev–Trinajstić information content (AvgIpc) is 2.71. The molecule has 136 valence electrons. The summed E-state index contributed by atoms with van der Waals surface area (Å²) in [6.07, 6.45) is 0.839. The number of guanidine groups is 1. The van der Waals surface area contributed by atoms with Crippen molar-refractivity contribution in [1.29, 1.82) is 0 Å². The fourth-order valence-corrected chi connectivity index (χ4v) is 2.77. The van der Waals surface area contributed by atoms with E-state index in [1.165, 1.54) is 0 Å². The molecule has 1 heterocycles. The van der Waals surface area contributed by atoms with E-state index in [-0.39, 0.29) is 42.2 Å². The zero-order chi connectivity index (χ0) is 16.9. The van der Waals surface area contributed by atoms with E-state index >= 15 is 0 Å². The summed E-state index contributed by atoms with van der Waals surface area (Å²) < 4.78 is 34.6. The highest BCUT2D eigenvalue weighted by Gasteiger charge is 2.15. The van der Waals surface area contributed by atoms with Gasteiger partial charge >= 0.3 is 0 Å². The molecule has 0 amide bonds. The maximum atomic E-state index is 11.7. The van der Waals surface area contributed by atoms with E-state index in [0.717, 1.165) is 6.42 Å². The fraction of sp³-hybridized carbons (Fsp3) is 0.533. The van der Waals surface area contributed by atoms with Gasteiger partial charge in [-0.1, -0.05) is 0 Å². The Morgan fingerprint density at radius 3 is 2.62 bits per heavy atom. The van der Waals surface area contributed by atoms with Crippen molar-refractivity contribution < 1.29 is 17.9 Å². The summed E-state index contributed by atoms with van der Waals surface area (Å²) in [5.41, 5.74) is 6.50. The van der Waals surface area contributed by atoms with Crippen molar-refractivity contribution in [3.05, 3.63) is 18.2 Å². The first-order valence-electron chi connectivity index (χ1n) is 7.56. The molecule has 0 saturated carbocycles. The van der Waals surface area contributed by atoms with Gasteiger partial charge in [0.25, 0.3) is 0 Å². The molecule has 0 fully saturated rings. The van der Waals surface area contributed by atoms with Gasteiger partial charge in [-0.2, -0.15) is 0 Å². The molecule has 3 N–H and O–H groups in total. The molecule has 1 aliphatic heterocycles. The second kappa shape index (κ2) is 9.30. The summed E-state index contributed by atoms with van der Waals surface area (Å²) in [6, 6.07) is 5.40. The molecule has 0 spiro atoms. The zero-order valence-corrected chi connectivity index (χ0v) is 17.0. The molecule has 1 aromatic rings. The molecule has 1 aromatic carbocycles.